The van der Waals surface area contributed by atoms with Crippen LogP contribution >= 0.6 is 0 Å². The van der Waals surface area contributed by atoms with E-state index in [1.165, 1.54) is 21.9 Å². The smallest absolute Gasteiger partial charge is 0.238 e. The summed E-state index contributed by atoms with van der Waals surface area (Å²) in [4.78, 5) is 15.9. The fourth-order valence-corrected chi connectivity index (χ4v) is 9.92. The van der Waals surface area contributed by atoms with Crippen LogP contribution in [-0.2, 0) is 0 Å². The Balaban J connectivity index is 1.01. The van der Waals surface area contributed by atoms with Gasteiger partial charge in [0.05, 0.1) is 22.1 Å². The number of benzene rings is 9. The van der Waals surface area contributed by atoms with E-state index in [0.717, 1.165) is 93.5 Å². The van der Waals surface area contributed by atoms with Crippen LogP contribution in [0.15, 0.2) is 209 Å². The molecule has 5 aromatic heterocycles. The predicted molar refractivity (Wildman–Crippen MR) is 259 cm³/mol. The largest absolute Gasteiger partial charge is 0.456 e. The Hall–Kier alpha value is -8.81. The maximum Gasteiger partial charge on any atom is 0.238 e. The highest BCUT2D eigenvalue weighted by Crippen LogP contribution is 2.41. The normalized spacial score (nSPS) is 12.1. The lowest BCUT2D eigenvalue weighted by molar-refractivity contribution is 0.668. The molecular weight excluding hydrogens is 787 g/mol. The van der Waals surface area contributed by atoms with Gasteiger partial charge in [-0.15, -0.1) is 0 Å². The molecule has 0 aliphatic rings. The molecule has 64 heavy (non-hydrogen) atoms. The Morgan fingerprint density at radius 1 is 0.312 bits per heavy atom. The Labute approximate surface area is 364 Å². The van der Waals surface area contributed by atoms with Crippen molar-refractivity contribution in [1.29, 1.82) is 0 Å². The minimum Gasteiger partial charge on any atom is -0.456 e. The summed E-state index contributed by atoms with van der Waals surface area (Å²) in [6.07, 6.45) is 0. The summed E-state index contributed by atoms with van der Waals surface area (Å²) < 4.78 is 17.5. The summed E-state index contributed by atoms with van der Waals surface area (Å²) >= 11 is 0. The van der Waals surface area contributed by atoms with Crippen LogP contribution in [0.4, 0.5) is 0 Å². The number of aromatic nitrogens is 5. The van der Waals surface area contributed by atoms with Gasteiger partial charge < -0.3 is 13.4 Å². The summed E-state index contributed by atoms with van der Waals surface area (Å²) in [6, 6.07) is 69.8. The molecule has 7 nitrogen and oxygen atoms in total. The average Bonchev–Trinajstić information content (AvgIpc) is 4.11. The summed E-state index contributed by atoms with van der Waals surface area (Å²) in [5.74, 6) is 1.60. The van der Waals surface area contributed by atoms with Gasteiger partial charge in [0.2, 0.25) is 5.95 Å². The lowest BCUT2D eigenvalue weighted by Crippen LogP contribution is -2.06. The van der Waals surface area contributed by atoms with E-state index in [1.807, 2.05) is 36.4 Å². The van der Waals surface area contributed by atoms with Crippen molar-refractivity contribution in [3.05, 3.63) is 200 Å². The number of fused-ring (bicyclic) bond motifs is 12. The van der Waals surface area contributed by atoms with Gasteiger partial charge >= 0.3 is 0 Å². The van der Waals surface area contributed by atoms with Crippen LogP contribution in [0.1, 0.15) is 0 Å². The molecule has 0 aliphatic heterocycles. The van der Waals surface area contributed by atoms with Gasteiger partial charge in [-0.3, -0.25) is 4.57 Å². The van der Waals surface area contributed by atoms with Gasteiger partial charge in [0.15, 0.2) is 11.6 Å². The molecule has 0 radical (unpaired) electrons. The first-order valence-corrected chi connectivity index (χ1v) is 21.4. The molecule has 0 aliphatic carbocycles. The van der Waals surface area contributed by atoms with E-state index in [1.54, 1.807) is 0 Å². The van der Waals surface area contributed by atoms with Crippen LogP contribution in [0.2, 0.25) is 0 Å². The number of furan rings is 2. The SMILES string of the molecule is c1ccc(-c2ccc3c(c2)c2ccccc2n3-c2ccc3oc4cccc(-c5nc(-c6ccc7c(c6)oc6ccccc67)nc(-n6c7ccccc7c7ccccc76)n5)c4c3c2)cc1. The third-order valence-electron chi connectivity index (χ3n) is 12.8. The summed E-state index contributed by atoms with van der Waals surface area (Å²) in [7, 11) is 0. The van der Waals surface area contributed by atoms with Crippen molar-refractivity contribution in [2.45, 2.75) is 0 Å². The maximum absolute atomic E-state index is 6.64. The van der Waals surface area contributed by atoms with Crippen LogP contribution < -0.4 is 0 Å². The van der Waals surface area contributed by atoms with Crippen LogP contribution in [0.3, 0.4) is 0 Å². The molecule has 5 heterocycles. The zero-order valence-corrected chi connectivity index (χ0v) is 34.1. The molecule has 298 valence electrons. The molecule has 0 fully saturated rings. The van der Waals surface area contributed by atoms with Gasteiger partial charge in [-0.05, 0) is 83.9 Å². The number of nitrogens with zero attached hydrogens (tertiary/aromatic N) is 5. The van der Waals surface area contributed by atoms with Gasteiger partial charge in [-0.2, -0.15) is 9.97 Å². The summed E-state index contributed by atoms with van der Waals surface area (Å²) in [6.45, 7) is 0. The Morgan fingerprint density at radius 3 is 1.70 bits per heavy atom. The second-order valence-corrected chi connectivity index (χ2v) is 16.4. The highest BCUT2D eigenvalue weighted by atomic mass is 16.3. The van der Waals surface area contributed by atoms with Crippen molar-refractivity contribution >= 4 is 87.5 Å². The maximum atomic E-state index is 6.64. The van der Waals surface area contributed by atoms with Gasteiger partial charge in [0.25, 0.3) is 0 Å². The molecule has 7 heteroatoms. The number of rotatable bonds is 5. The third kappa shape index (κ3) is 5.12. The van der Waals surface area contributed by atoms with E-state index in [0.29, 0.717) is 17.6 Å². The van der Waals surface area contributed by atoms with E-state index >= 15 is 0 Å². The van der Waals surface area contributed by atoms with E-state index < -0.39 is 0 Å². The molecule has 0 saturated heterocycles. The lowest BCUT2D eigenvalue weighted by atomic mass is 10.0. The molecular formula is C57H33N5O2. The Bertz CT molecular complexity index is 4160. The number of para-hydroxylation sites is 4. The van der Waals surface area contributed by atoms with Crippen molar-refractivity contribution in [2.24, 2.45) is 0 Å². The quantitative estimate of drug-likeness (QED) is 0.173. The first-order chi connectivity index (χ1) is 31.7. The molecule has 0 atom stereocenters. The average molecular weight is 820 g/mol. The highest BCUT2D eigenvalue weighted by Gasteiger charge is 2.22. The molecule has 14 aromatic rings. The fraction of sp³-hybridized carbons (Fsp3) is 0. The van der Waals surface area contributed by atoms with Crippen molar-refractivity contribution in [1.82, 2.24) is 24.1 Å². The first-order valence-electron chi connectivity index (χ1n) is 21.4. The van der Waals surface area contributed by atoms with Crippen molar-refractivity contribution in [2.75, 3.05) is 0 Å². The molecule has 0 N–H and O–H groups in total. The standard InChI is InChI=1S/C57H33N5O2/c1-2-13-34(14-3-1)35-26-29-49-44(31-35)40-17-6-8-20-46(40)61(49)37-27-30-51-45(33-37)54-43(19-12-24-52(54)63-51)56-58-55(36-25-28-42-41-18-7-11-23-50(41)64-53(42)32-36)59-57(60-56)62-47-21-9-4-15-38(47)39-16-5-10-22-48(39)62/h1-33H. The van der Waals surface area contributed by atoms with E-state index in [-0.39, 0.29) is 0 Å². The summed E-state index contributed by atoms with van der Waals surface area (Å²) in [5.41, 5.74) is 12.5. The number of hydrogen-bond donors (Lipinski definition) is 0. The zero-order valence-electron chi connectivity index (χ0n) is 34.1. The molecule has 0 amide bonds. The second kappa shape index (κ2) is 13.3. The van der Waals surface area contributed by atoms with Crippen LogP contribution in [0.25, 0.3) is 133 Å². The minimum atomic E-state index is 0.521. The van der Waals surface area contributed by atoms with Crippen molar-refractivity contribution in [3.8, 4) is 45.5 Å². The fourth-order valence-electron chi connectivity index (χ4n) is 9.92. The van der Waals surface area contributed by atoms with E-state index in [9.17, 15) is 0 Å². The van der Waals surface area contributed by atoms with Gasteiger partial charge in [-0.25, -0.2) is 4.98 Å². The molecule has 0 bridgehead atoms. The second-order valence-electron chi connectivity index (χ2n) is 16.4. The Kier molecular flexibility index (Phi) is 7.27. The first kappa shape index (κ1) is 34.9. The van der Waals surface area contributed by atoms with Gasteiger partial charge in [0, 0.05) is 59.9 Å². The van der Waals surface area contributed by atoms with Crippen molar-refractivity contribution < 1.29 is 8.83 Å². The highest BCUT2D eigenvalue weighted by molar-refractivity contribution is 6.14. The monoisotopic (exact) mass is 819 g/mol. The zero-order chi connectivity index (χ0) is 41.9. The van der Waals surface area contributed by atoms with Gasteiger partial charge in [-0.1, -0.05) is 127 Å². The number of hydrogen-bond acceptors (Lipinski definition) is 5. The van der Waals surface area contributed by atoms with Crippen molar-refractivity contribution in [3.63, 3.8) is 0 Å². The van der Waals surface area contributed by atoms with Crippen LogP contribution in [0.5, 0.6) is 0 Å². The van der Waals surface area contributed by atoms with Crippen LogP contribution in [0, 0.1) is 0 Å². The topological polar surface area (TPSA) is 74.8 Å². The molecule has 0 spiro atoms. The summed E-state index contributed by atoms with van der Waals surface area (Å²) in [5, 5.41) is 8.67. The lowest BCUT2D eigenvalue weighted by Gasteiger charge is -2.12. The molecule has 0 saturated carbocycles. The molecule has 14 rings (SSSR count). The third-order valence-corrected chi connectivity index (χ3v) is 12.8. The minimum absolute atomic E-state index is 0.521. The van der Waals surface area contributed by atoms with Crippen LogP contribution in [-0.4, -0.2) is 24.1 Å². The predicted octanol–water partition coefficient (Wildman–Crippen LogP) is 14.9. The van der Waals surface area contributed by atoms with E-state index in [4.69, 9.17) is 23.8 Å². The Morgan fingerprint density at radius 2 is 0.906 bits per heavy atom. The van der Waals surface area contributed by atoms with Gasteiger partial charge in [0.1, 0.15) is 22.3 Å². The molecule has 9 aromatic carbocycles. The molecule has 0 unspecified atom stereocenters. The van der Waals surface area contributed by atoms with E-state index in [2.05, 4.69) is 173 Å².